The van der Waals surface area contributed by atoms with Crippen LogP contribution in [0.5, 0.6) is 0 Å². The second kappa shape index (κ2) is 6.09. The highest BCUT2D eigenvalue weighted by atomic mass is 16.5. The number of rotatable bonds is 5. The van der Waals surface area contributed by atoms with Crippen LogP contribution in [0.4, 0.5) is 5.69 Å². The van der Waals surface area contributed by atoms with Crippen molar-refractivity contribution in [2.45, 2.75) is 0 Å². The maximum atomic E-state index is 12.0. The molecule has 0 bridgehead atoms. The van der Waals surface area contributed by atoms with Crippen LogP contribution in [0.3, 0.4) is 0 Å². The zero-order valence-electron chi connectivity index (χ0n) is 9.89. The fourth-order valence-corrected chi connectivity index (χ4v) is 1.39. The molecule has 0 unspecified atom stereocenters. The monoisotopic (exact) mass is 279 g/mol. The van der Waals surface area contributed by atoms with Gasteiger partial charge in [0.1, 0.15) is 5.57 Å². The first kappa shape index (κ1) is 14.8. The number of benzene rings is 1. The number of carbonyl (C=O) groups excluding carboxylic acids is 1. The number of hydrogen-bond acceptors (Lipinski definition) is 5. The molecule has 1 aromatic rings. The summed E-state index contributed by atoms with van der Waals surface area (Å²) in [5, 5.41) is 31.6. The minimum atomic E-state index is -1.73. The molecule has 0 amide bonds. The first-order valence-electron chi connectivity index (χ1n) is 5.08. The van der Waals surface area contributed by atoms with Gasteiger partial charge in [-0.3, -0.25) is 4.79 Å². The van der Waals surface area contributed by atoms with E-state index >= 15 is 0 Å². The molecule has 0 aromatic heterocycles. The normalized spacial score (nSPS) is 12.0. The van der Waals surface area contributed by atoms with Crippen LogP contribution in [-0.2, 0) is 9.59 Å². The summed E-state index contributed by atoms with van der Waals surface area (Å²) in [6.07, 6.45) is 0.246. The number of carboxylic acids is 2. The summed E-state index contributed by atoms with van der Waals surface area (Å²) in [7, 11) is 0. The quantitative estimate of drug-likeness (QED) is 0.103. The zero-order valence-corrected chi connectivity index (χ0v) is 9.89. The molecule has 0 spiro atoms. The van der Waals surface area contributed by atoms with E-state index < -0.39 is 23.3 Å². The van der Waals surface area contributed by atoms with Crippen LogP contribution in [0.1, 0.15) is 10.4 Å². The number of ketones is 1. The Labute approximate surface area is 111 Å². The Hall–Kier alpha value is -3.23. The molecule has 104 valence electrons. The molecule has 0 saturated carbocycles. The molecule has 0 atom stereocenters. The molecule has 0 saturated heterocycles. The number of carboxylic acid groups (broad SMARTS) is 2. The van der Waals surface area contributed by atoms with Gasteiger partial charge in [-0.2, -0.15) is 5.84 Å². The molecule has 20 heavy (non-hydrogen) atoms. The Morgan fingerprint density at radius 3 is 2.35 bits per heavy atom. The molecule has 0 radical (unpaired) electrons. The van der Waals surface area contributed by atoms with Crippen LogP contribution >= 0.6 is 0 Å². The maximum absolute atomic E-state index is 12.0. The van der Waals surface area contributed by atoms with Crippen molar-refractivity contribution >= 4 is 23.4 Å². The topological polar surface area (TPSA) is 156 Å². The van der Waals surface area contributed by atoms with Crippen LogP contribution in [0.25, 0.3) is 0 Å². The zero-order chi connectivity index (χ0) is 15.3. The average Bonchev–Trinajstić information content (AvgIpc) is 2.42. The highest BCUT2D eigenvalue weighted by Gasteiger charge is 2.24. The number of nitrogens with zero attached hydrogens (tertiary/aromatic N) is 2. The van der Waals surface area contributed by atoms with Crippen molar-refractivity contribution in [2.75, 3.05) is 0 Å². The van der Waals surface area contributed by atoms with E-state index in [0.717, 1.165) is 6.07 Å². The average molecular weight is 279 g/mol. The third-order valence-electron chi connectivity index (χ3n) is 2.20. The molecular weight excluding hydrogens is 270 g/mol. The molecule has 0 fully saturated rings. The van der Waals surface area contributed by atoms with Crippen molar-refractivity contribution in [2.24, 2.45) is 11.1 Å². The van der Waals surface area contributed by atoms with E-state index in [4.69, 9.17) is 16.1 Å². The number of nitrogens with two attached hydrogens (primary N) is 1. The lowest BCUT2D eigenvalue weighted by Crippen LogP contribution is -2.16. The van der Waals surface area contributed by atoms with Crippen molar-refractivity contribution in [3.05, 3.63) is 46.7 Å². The summed E-state index contributed by atoms with van der Waals surface area (Å²) in [4.78, 5) is 33.4. The van der Waals surface area contributed by atoms with Gasteiger partial charge in [0.25, 0.3) is 0 Å². The molecule has 1 aromatic carbocycles. The van der Waals surface area contributed by atoms with Gasteiger partial charge in [-0.1, -0.05) is 12.1 Å². The van der Waals surface area contributed by atoms with Crippen LogP contribution in [-0.4, -0.2) is 32.8 Å². The van der Waals surface area contributed by atoms with Crippen molar-refractivity contribution in [3.63, 3.8) is 0 Å². The molecule has 1 rings (SSSR count). The summed E-state index contributed by atoms with van der Waals surface area (Å²) in [6, 6.07) is 5.13. The van der Waals surface area contributed by atoms with Crippen molar-refractivity contribution in [3.8, 4) is 0 Å². The fraction of sp³-hybridized carbons (Fsp3) is 0. The fourth-order valence-electron chi connectivity index (χ4n) is 1.39. The Kier molecular flexibility index (Phi) is 4.51. The SMILES string of the molecule is N/N=[N+](\[O-])c1ccccc1C(=O)/C(=C\C(=O)O)C(=O)O. The first-order chi connectivity index (χ1) is 9.38. The lowest BCUT2D eigenvalue weighted by Gasteiger charge is -2.09. The Balaban J connectivity index is 3.41. The Bertz CT molecular complexity index is 635. The third-order valence-corrected chi connectivity index (χ3v) is 2.20. The van der Waals surface area contributed by atoms with Gasteiger partial charge in [-0.15, -0.1) is 4.86 Å². The molecule has 0 heterocycles. The highest BCUT2D eigenvalue weighted by molar-refractivity contribution is 6.26. The molecular formula is C11H9N3O6. The summed E-state index contributed by atoms with van der Waals surface area (Å²) in [6.45, 7) is 0. The number of para-hydroxylation sites is 1. The largest absolute Gasteiger partial charge is 0.691 e. The van der Waals surface area contributed by atoms with Crippen molar-refractivity contribution in [1.82, 2.24) is 0 Å². The number of Topliss-reactive ketones (excluding diaryl/α,β-unsaturated/α-hetero) is 1. The predicted molar refractivity (Wildman–Crippen MR) is 64.0 cm³/mol. The lowest BCUT2D eigenvalue weighted by atomic mass is 10.0. The van der Waals surface area contributed by atoms with Gasteiger partial charge in [0, 0.05) is 6.08 Å². The van der Waals surface area contributed by atoms with E-state index in [0.29, 0.717) is 0 Å². The molecule has 0 aliphatic heterocycles. The van der Waals surface area contributed by atoms with E-state index in [1.807, 2.05) is 0 Å². The molecule has 9 heteroatoms. The number of hydrogen-bond donors (Lipinski definition) is 3. The molecule has 9 nitrogen and oxygen atoms in total. The minimum Gasteiger partial charge on any atom is -0.691 e. The number of carbonyl (C=O) groups is 3. The van der Waals surface area contributed by atoms with Crippen LogP contribution < -0.4 is 5.84 Å². The van der Waals surface area contributed by atoms with Crippen molar-refractivity contribution < 1.29 is 29.5 Å². The smallest absolute Gasteiger partial charge is 0.339 e. The minimum absolute atomic E-state index is 0.0759. The molecule has 4 N–H and O–H groups in total. The van der Waals surface area contributed by atoms with Gasteiger partial charge in [0.15, 0.2) is 5.69 Å². The van der Waals surface area contributed by atoms with Crippen LogP contribution in [0, 0.1) is 5.21 Å². The third kappa shape index (κ3) is 3.16. The molecule has 0 aliphatic rings. The van der Waals surface area contributed by atoms with E-state index in [1.165, 1.54) is 18.2 Å². The van der Waals surface area contributed by atoms with Crippen LogP contribution in [0.2, 0.25) is 0 Å². The predicted octanol–water partition coefficient (Wildman–Crippen LogP) is 0.433. The van der Waals surface area contributed by atoms with Crippen LogP contribution in [0.15, 0.2) is 41.1 Å². The number of aliphatic carboxylic acids is 2. The lowest BCUT2D eigenvalue weighted by molar-refractivity contribution is -0.443. The van der Waals surface area contributed by atoms with E-state index in [9.17, 15) is 19.6 Å². The van der Waals surface area contributed by atoms with Gasteiger partial charge in [-0.05, 0) is 12.1 Å². The highest BCUT2D eigenvalue weighted by Crippen LogP contribution is 2.21. The first-order valence-corrected chi connectivity index (χ1v) is 5.08. The van der Waals surface area contributed by atoms with Crippen molar-refractivity contribution in [1.29, 1.82) is 0 Å². The second-order valence-electron chi connectivity index (χ2n) is 3.44. The van der Waals surface area contributed by atoms with Gasteiger partial charge in [0.2, 0.25) is 5.78 Å². The van der Waals surface area contributed by atoms with Gasteiger partial charge in [0.05, 0.1) is 10.8 Å². The maximum Gasteiger partial charge on any atom is 0.339 e. The molecule has 0 aliphatic carbocycles. The van der Waals surface area contributed by atoms with E-state index in [2.05, 4.69) is 5.22 Å². The Morgan fingerprint density at radius 1 is 1.25 bits per heavy atom. The summed E-state index contributed by atoms with van der Waals surface area (Å²) >= 11 is 0. The van der Waals surface area contributed by atoms with E-state index in [-0.39, 0.29) is 22.2 Å². The summed E-state index contributed by atoms with van der Waals surface area (Å²) < 4.78 is 0. The standard InChI is InChI=1S/C11H9N3O6/c12-13-14(20)8-4-2-1-3-6(8)10(17)7(11(18)19)5-9(15)16/h1-5H,12H2,(H,15,16)(H,18,19)/b7-5+,14-13-. The van der Waals surface area contributed by atoms with Gasteiger partial charge >= 0.3 is 11.9 Å². The van der Waals surface area contributed by atoms with Gasteiger partial charge in [-0.25, -0.2) is 9.59 Å². The summed E-state index contributed by atoms with van der Waals surface area (Å²) in [5.74, 6) is 0.324. The second-order valence-corrected chi connectivity index (χ2v) is 3.44. The Morgan fingerprint density at radius 2 is 1.85 bits per heavy atom. The van der Waals surface area contributed by atoms with E-state index in [1.54, 1.807) is 0 Å². The van der Waals surface area contributed by atoms with Gasteiger partial charge < -0.3 is 15.4 Å². The summed E-state index contributed by atoms with van der Waals surface area (Å²) in [5.41, 5.74) is -1.61.